The van der Waals surface area contributed by atoms with Crippen LogP contribution >= 0.6 is 0 Å². The summed E-state index contributed by atoms with van der Waals surface area (Å²) in [7, 11) is 1.56. The molecule has 0 aromatic heterocycles. The lowest BCUT2D eigenvalue weighted by atomic mass is 9.80. The first kappa shape index (κ1) is 26.7. The van der Waals surface area contributed by atoms with E-state index in [1.54, 1.807) is 7.05 Å². The molecule has 0 saturated carbocycles. The molecule has 0 aliphatic heterocycles. The van der Waals surface area contributed by atoms with Gasteiger partial charge >= 0.3 is 5.97 Å². The number of carbonyl (C=O) groups excluding carboxylic acids is 3. The summed E-state index contributed by atoms with van der Waals surface area (Å²) < 4.78 is 5.60. The molecule has 6 nitrogen and oxygen atoms in total. The lowest BCUT2D eigenvalue weighted by molar-refractivity contribution is -0.155. The topological polar surface area (TPSA) is 84.5 Å². The fraction of sp³-hybridized carbons (Fsp3) is 0.640. The second-order valence-electron chi connectivity index (χ2n) is 9.65. The van der Waals surface area contributed by atoms with Gasteiger partial charge in [-0.3, -0.25) is 14.4 Å². The van der Waals surface area contributed by atoms with E-state index in [1.807, 2.05) is 71.9 Å². The predicted octanol–water partition coefficient (Wildman–Crippen LogP) is 4.09. The molecular formula is C25H40N2O4. The number of rotatable bonds is 11. The van der Waals surface area contributed by atoms with Crippen LogP contribution in [-0.4, -0.2) is 30.9 Å². The average molecular weight is 433 g/mol. The quantitative estimate of drug-likeness (QED) is 0.516. The molecular weight excluding hydrogens is 392 g/mol. The van der Waals surface area contributed by atoms with Crippen LogP contribution in [0.15, 0.2) is 30.3 Å². The van der Waals surface area contributed by atoms with Crippen molar-refractivity contribution in [2.24, 2.45) is 23.2 Å². The third-order valence-electron chi connectivity index (χ3n) is 5.34. The zero-order valence-electron chi connectivity index (χ0n) is 20.2. The number of esters is 1. The number of benzene rings is 1. The van der Waals surface area contributed by atoms with Crippen LogP contribution in [0.5, 0.6) is 0 Å². The molecule has 0 aliphatic carbocycles. The van der Waals surface area contributed by atoms with Crippen molar-refractivity contribution >= 4 is 17.8 Å². The predicted molar refractivity (Wildman–Crippen MR) is 123 cm³/mol. The molecule has 2 amide bonds. The Morgan fingerprint density at radius 3 is 2.10 bits per heavy atom. The van der Waals surface area contributed by atoms with Crippen LogP contribution in [0.2, 0.25) is 0 Å². The average Bonchev–Trinajstić information content (AvgIpc) is 2.71. The van der Waals surface area contributed by atoms with Gasteiger partial charge in [-0.05, 0) is 29.7 Å². The van der Waals surface area contributed by atoms with Gasteiger partial charge in [0.1, 0.15) is 12.6 Å². The van der Waals surface area contributed by atoms with Gasteiger partial charge in [0.05, 0.1) is 11.8 Å². The maximum Gasteiger partial charge on any atom is 0.310 e. The number of hydrogen-bond donors (Lipinski definition) is 2. The van der Waals surface area contributed by atoms with Gasteiger partial charge in [0, 0.05) is 7.05 Å². The largest absolute Gasteiger partial charge is 0.461 e. The number of ether oxygens (including phenoxy) is 1. The van der Waals surface area contributed by atoms with Crippen LogP contribution in [0.25, 0.3) is 0 Å². The summed E-state index contributed by atoms with van der Waals surface area (Å²) in [6.07, 6.45) is 1.85. The Hall–Kier alpha value is -2.37. The standard InChI is InChI=1S/C25H40N2O4/c1-8-12-19(24(30)31-16-18-13-10-9-11-14-18)20(15-17(2)3)22(28)27-21(23(29)26-7)25(4,5)6/h9-11,13-14,17,19-21H,8,12,15-16H2,1-7H3,(H,26,29)(H,27,28)/t19-,20?,21-/m1/s1. The molecule has 0 radical (unpaired) electrons. The zero-order chi connectivity index (χ0) is 23.6. The highest BCUT2D eigenvalue weighted by Crippen LogP contribution is 2.28. The first-order chi connectivity index (χ1) is 14.5. The molecule has 2 N–H and O–H groups in total. The molecule has 174 valence electrons. The Bertz CT molecular complexity index is 710. The molecule has 1 unspecified atom stereocenters. The van der Waals surface area contributed by atoms with Crippen LogP contribution < -0.4 is 10.6 Å². The SMILES string of the molecule is CCC[C@@H](C(=O)OCc1ccccc1)C(CC(C)C)C(=O)N[C@H](C(=O)NC)C(C)(C)C. The summed E-state index contributed by atoms with van der Waals surface area (Å²) in [6.45, 7) is 11.9. The van der Waals surface area contributed by atoms with Crippen molar-refractivity contribution in [1.82, 2.24) is 10.6 Å². The highest BCUT2D eigenvalue weighted by Gasteiger charge is 2.39. The Balaban J connectivity index is 3.07. The first-order valence-corrected chi connectivity index (χ1v) is 11.2. The van der Waals surface area contributed by atoms with E-state index in [9.17, 15) is 14.4 Å². The van der Waals surface area contributed by atoms with E-state index in [1.165, 1.54) is 0 Å². The minimum Gasteiger partial charge on any atom is -0.461 e. The number of carbonyl (C=O) groups is 3. The number of hydrogen-bond acceptors (Lipinski definition) is 4. The molecule has 3 atom stereocenters. The highest BCUT2D eigenvalue weighted by molar-refractivity contribution is 5.91. The minimum absolute atomic E-state index is 0.179. The van der Waals surface area contributed by atoms with Crippen molar-refractivity contribution in [2.45, 2.75) is 73.5 Å². The third-order valence-corrected chi connectivity index (χ3v) is 5.34. The van der Waals surface area contributed by atoms with E-state index in [-0.39, 0.29) is 30.3 Å². The Morgan fingerprint density at radius 1 is 1.00 bits per heavy atom. The van der Waals surface area contributed by atoms with E-state index in [0.717, 1.165) is 12.0 Å². The van der Waals surface area contributed by atoms with Crippen LogP contribution in [0.1, 0.15) is 66.4 Å². The second kappa shape index (κ2) is 12.5. The maximum atomic E-state index is 13.4. The normalized spacial score (nSPS) is 14.5. The second-order valence-corrected chi connectivity index (χ2v) is 9.65. The third kappa shape index (κ3) is 8.72. The lowest BCUT2D eigenvalue weighted by Gasteiger charge is -2.33. The van der Waals surface area contributed by atoms with Crippen LogP contribution in [-0.2, 0) is 25.7 Å². The summed E-state index contributed by atoms with van der Waals surface area (Å²) in [5.74, 6) is -1.78. The highest BCUT2D eigenvalue weighted by atomic mass is 16.5. The molecule has 0 aliphatic rings. The van der Waals surface area contributed by atoms with Crippen molar-refractivity contribution in [2.75, 3.05) is 7.05 Å². The smallest absolute Gasteiger partial charge is 0.310 e. The first-order valence-electron chi connectivity index (χ1n) is 11.2. The van der Waals surface area contributed by atoms with Crippen molar-refractivity contribution in [3.05, 3.63) is 35.9 Å². The molecule has 1 aromatic rings. The van der Waals surface area contributed by atoms with Gasteiger partial charge < -0.3 is 15.4 Å². The van der Waals surface area contributed by atoms with E-state index in [4.69, 9.17) is 4.74 Å². The summed E-state index contributed by atoms with van der Waals surface area (Å²) in [4.78, 5) is 38.8. The number of likely N-dealkylation sites (N-methyl/N-ethyl adjacent to an activating group) is 1. The summed E-state index contributed by atoms with van der Waals surface area (Å²) in [5.41, 5.74) is 0.440. The summed E-state index contributed by atoms with van der Waals surface area (Å²) >= 11 is 0. The Kier molecular flexibility index (Phi) is 10.7. The Morgan fingerprint density at radius 2 is 1.61 bits per heavy atom. The molecule has 0 heterocycles. The van der Waals surface area contributed by atoms with Gasteiger partial charge in [0.2, 0.25) is 11.8 Å². The van der Waals surface area contributed by atoms with Crippen LogP contribution in [0, 0.1) is 23.2 Å². The molecule has 0 saturated heterocycles. The monoisotopic (exact) mass is 432 g/mol. The van der Waals surface area contributed by atoms with Crippen molar-refractivity contribution in [1.29, 1.82) is 0 Å². The maximum absolute atomic E-state index is 13.4. The van der Waals surface area contributed by atoms with Gasteiger partial charge in [-0.25, -0.2) is 0 Å². The number of nitrogens with one attached hydrogen (secondary N) is 2. The van der Waals surface area contributed by atoms with Gasteiger partial charge in [0.15, 0.2) is 0 Å². The number of amides is 2. The van der Waals surface area contributed by atoms with Crippen molar-refractivity contribution < 1.29 is 19.1 Å². The molecule has 31 heavy (non-hydrogen) atoms. The van der Waals surface area contributed by atoms with Crippen molar-refractivity contribution in [3.8, 4) is 0 Å². The molecule has 0 spiro atoms. The zero-order valence-corrected chi connectivity index (χ0v) is 20.2. The molecule has 6 heteroatoms. The van der Waals surface area contributed by atoms with Crippen LogP contribution in [0.4, 0.5) is 0 Å². The van der Waals surface area contributed by atoms with E-state index >= 15 is 0 Å². The van der Waals surface area contributed by atoms with Crippen molar-refractivity contribution in [3.63, 3.8) is 0 Å². The lowest BCUT2D eigenvalue weighted by Crippen LogP contribution is -2.55. The summed E-state index contributed by atoms with van der Waals surface area (Å²) in [5, 5.41) is 5.55. The molecule has 0 bridgehead atoms. The molecule has 1 aromatic carbocycles. The van der Waals surface area contributed by atoms with Gasteiger partial charge in [0.25, 0.3) is 0 Å². The van der Waals surface area contributed by atoms with E-state index < -0.39 is 23.3 Å². The fourth-order valence-electron chi connectivity index (χ4n) is 3.66. The molecule has 0 fully saturated rings. The van der Waals surface area contributed by atoms with E-state index in [0.29, 0.717) is 12.8 Å². The molecule has 1 rings (SSSR count). The summed E-state index contributed by atoms with van der Waals surface area (Å²) in [6, 6.07) is 8.81. The minimum atomic E-state index is -0.692. The van der Waals surface area contributed by atoms with Crippen LogP contribution in [0.3, 0.4) is 0 Å². The fourth-order valence-corrected chi connectivity index (χ4v) is 3.66. The van der Waals surface area contributed by atoms with Gasteiger partial charge in [-0.15, -0.1) is 0 Å². The van der Waals surface area contributed by atoms with Gasteiger partial charge in [-0.1, -0.05) is 78.3 Å². The van der Waals surface area contributed by atoms with E-state index in [2.05, 4.69) is 10.6 Å². The Labute approximate surface area is 187 Å². The van der Waals surface area contributed by atoms with Gasteiger partial charge in [-0.2, -0.15) is 0 Å².